The summed E-state index contributed by atoms with van der Waals surface area (Å²) in [6.45, 7) is 0. The molecule has 0 atom stereocenters. The highest BCUT2D eigenvalue weighted by atomic mass is 15.2. The molecule has 5 heteroatoms. The minimum Gasteiger partial charge on any atom is -0.331 e. The van der Waals surface area contributed by atoms with Gasteiger partial charge in [0.15, 0.2) is 11.6 Å². The molecule has 0 spiro atoms. The monoisotopic (exact) mass is 149 g/mol. The Morgan fingerprint density at radius 3 is 2.91 bits per heavy atom. The molecule has 0 unspecified atom stereocenters. The fourth-order valence-corrected chi connectivity index (χ4v) is 0.907. The number of H-pyrrole nitrogens is 1. The fourth-order valence-electron chi connectivity index (χ4n) is 0.907. The van der Waals surface area contributed by atoms with E-state index in [1.165, 1.54) is 6.33 Å². The third-order valence-corrected chi connectivity index (χ3v) is 1.45. The van der Waals surface area contributed by atoms with Crippen molar-refractivity contribution in [2.45, 2.75) is 0 Å². The number of nitrogens with zero attached hydrogens (tertiary/aromatic N) is 4. The van der Waals surface area contributed by atoms with Gasteiger partial charge in [-0.2, -0.15) is 5.10 Å². The number of imidazole rings is 1. The maximum Gasteiger partial charge on any atom is 0.191 e. The number of aromatic amines is 1. The van der Waals surface area contributed by atoms with Gasteiger partial charge in [0.2, 0.25) is 0 Å². The van der Waals surface area contributed by atoms with Crippen LogP contribution in [0.25, 0.3) is 11.6 Å². The van der Waals surface area contributed by atoms with E-state index in [0.29, 0.717) is 5.82 Å². The van der Waals surface area contributed by atoms with E-state index in [9.17, 15) is 0 Å². The molecule has 0 amide bonds. The van der Waals surface area contributed by atoms with Gasteiger partial charge < -0.3 is 4.57 Å². The summed E-state index contributed by atoms with van der Waals surface area (Å²) in [5, 5.41) is 6.47. The van der Waals surface area contributed by atoms with Gasteiger partial charge in [-0.15, -0.1) is 0 Å². The van der Waals surface area contributed by atoms with Gasteiger partial charge in [0.1, 0.15) is 6.33 Å². The molecule has 0 radical (unpaired) electrons. The summed E-state index contributed by atoms with van der Waals surface area (Å²) in [5.74, 6) is 1.49. The van der Waals surface area contributed by atoms with Crippen LogP contribution in [0.5, 0.6) is 0 Å². The van der Waals surface area contributed by atoms with E-state index in [-0.39, 0.29) is 0 Å². The number of nitrogens with one attached hydrogen (secondary N) is 1. The summed E-state index contributed by atoms with van der Waals surface area (Å²) in [6, 6.07) is 0. The highest BCUT2D eigenvalue weighted by molar-refractivity contribution is 5.41. The lowest BCUT2D eigenvalue weighted by Crippen LogP contribution is -1.92. The zero-order valence-corrected chi connectivity index (χ0v) is 6.02. The van der Waals surface area contributed by atoms with Crippen LogP contribution in [0.15, 0.2) is 18.7 Å². The second-order valence-electron chi connectivity index (χ2n) is 2.20. The molecule has 56 valence electrons. The average molecular weight is 149 g/mol. The zero-order chi connectivity index (χ0) is 7.68. The van der Waals surface area contributed by atoms with Gasteiger partial charge in [0.25, 0.3) is 0 Å². The van der Waals surface area contributed by atoms with Crippen LogP contribution in [0, 0.1) is 0 Å². The first-order valence-electron chi connectivity index (χ1n) is 3.21. The van der Waals surface area contributed by atoms with Crippen molar-refractivity contribution in [3.63, 3.8) is 0 Å². The molecule has 0 bridgehead atoms. The van der Waals surface area contributed by atoms with Crippen LogP contribution in [0.4, 0.5) is 0 Å². The molecular weight excluding hydrogens is 142 g/mol. The van der Waals surface area contributed by atoms with E-state index >= 15 is 0 Å². The van der Waals surface area contributed by atoms with Crippen LogP contribution in [0.1, 0.15) is 0 Å². The summed E-state index contributed by atoms with van der Waals surface area (Å²) in [5.41, 5.74) is 0. The van der Waals surface area contributed by atoms with Gasteiger partial charge >= 0.3 is 0 Å². The van der Waals surface area contributed by atoms with Crippen molar-refractivity contribution >= 4 is 0 Å². The van der Waals surface area contributed by atoms with Crippen LogP contribution in [0.2, 0.25) is 0 Å². The molecule has 0 aromatic carbocycles. The predicted molar refractivity (Wildman–Crippen MR) is 38.6 cm³/mol. The van der Waals surface area contributed by atoms with E-state index in [2.05, 4.69) is 20.2 Å². The Morgan fingerprint density at radius 1 is 1.45 bits per heavy atom. The van der Waals surface area contributed by atoms with Crippen LogP contribution in [-0.4, -0.2) is 24.7 Å². The first-order chi connectivity index (χ1) is 5.38. The molecule has 2 aromatic rings. The van der Waals surface area contributed by atoms with Crippen LogP contribution in [-0.2, 0) is 7.05 Å². The molecule has 2 rings (SSSR count). The van der Waals surface area contributed by atoms with E-state index in [1.54, 1.807) is 6.20 Å². The number of aryl methyl sites for hydroxylation is 1. The van der Waals surface area contributed by atoms with E-state index < -0.39 is 0 Å². The highest BCUT2D eigenvalue weighted by Gasteiger charge is 2.03. The van der Waals surface area contributed by atoms with Crippen molar-refractivity contribution in [1.29, 1.82) is 0 Å². The van der Waals surface area contributed by atoms with Crippen molar-refractivity contribution in [2.75, 3.05) is 0 Å². The highest BCUT2D eigenvalue weighted by Crippen LogP contribution is 2.07. The van der Waals surface area contributed by atoms with E-state index in [1.807, 2.05) is 17.8 Å². The zero-order valence-electron chi connectivity index (χ0n) is 6.02. The third-order valence-electron chi connectivity index (χ3n) is 1.45. The molecule has 11 heavy (non-hydrogen) atoms. The predicted octanol–water partition coefficient (Wildman–Crippen LogP) is 0.205. The molecule has 0 saturated carbocycles. The number of aromatic nitrogens is 5. The Balaban J connectivity index is 2.53. The summed E-state index contributed by atoms with van der Waals surface area (Å²) >= 11 is 0. The Labute approximate surface area is 63.1 Å². The van der Waals surface area contributed by atoms with Gasteiger partial charge in [-0.05, 0) is 0 Å². The topological polar surface area (TPSA) is 59.4 Å². The number of hydrogen-bond acceptors (Lipinski definition) is 3. The SMILES string of the molecule is Cn1ccnc1-c1ncn[nH]1. The Hall–Kier alpha value is -1.65. The van der Waals surface area contributed by atoms with E-state index in [0.717, 1.165) is 5.82 Å². The van der Waals surface area contributed by atoms with Crippen LogP contribution in [0.3, 0.4) is 0 Å². The molecule has 5 nitrogen and oxygen atoms in total. The smallest absolute Gasteiger partial charge is 0.191 e. The Kier molecular flexibility index (Phi) is 1.21. The van der Waals surface area contributed by atoms with Crippen LogP contribution >= 0.6 is 0 Å². The van der Waals surface area contributed by atoms with Gasteiger partial charge in [-0.1, -0.05) is 0 Å². The molecule has 0 aliphatic heterocycles. The van der Waals surface area contributed by atoms with Crippen molar-refractivity contribution in [1.82, 2.24) is 24.7 Å². The van der Waals surface area contributed by atoms with Crippen molar-refractivity contribution in [3.8, 4) is 11.6 Å². The molecule has 2 aromatic heterocycles. The standard InChI is InChI=1S/C6H7N5/c1-11-3-2-7-6(11)5-8-4-9-10-5/h2-4H,1H3,(H,8,9,10). The van der Waals surface area contributed by atoms with Crippen molar-refractivity contribution in [3.05, 3.63) is 18.7 Å². The molecule has 0 aliphatic carbocycles. The molecule has 0 saturated heterocycles. The minimum absolute atomic E-state index is 0.692. The van der Waals surface area contributed by atoms with Crippen molar-refractivity contribution < 1.29 is 0 Å². The second kappa shape index (κ2) is 2.19. The first kappa shape index (κ1) is 6.09. The number of hydrogen-bond donors (Lipinski definition) is 1. The normalized spacial score (nSPS) is 10.3. The molecule has 0 aliphatic rings. The Bertz CT molecular complexity index is 333. The van der Waals surface area contributed by atoms with Gasteiger partial charge in [0, 0.05) is 19.4 Å². The lowest BCUT2D eigenvalue weighted by Gasteiger charge is -1.93. The Morgan fingerprint density at radius 2 is 2.36 bits per heavy atom. The van der Waals surface area contributed by atoms with Crippen molar-refractivity contribution in [2.24, 2.45) is 7.05 Å². The maximum absolute atomic E-state index is 4.09. The third kappa shape index (κ3) is 0.899. The molecule has 0 fully saturated rings. The van der Waals surface area contributed by atoms with Crippen LogP contribution < -0.4 is 0 Å². The van der Waals surface area contributed by atoms with Gasteiger partial charge in [-0.3, -0.25) is 5.10 Å². The van der Waals surface area contributed by atoms with Gasteiger partial charge in [0.05, 0.1) is 0 Å². The van der Waals surface area contributed by atoms with Gasteiger partial charge in [-0.25, -0.2) is 9.97 Å². The quantitative estimate of drug-likeness (QED) is 0.630. The first-order valence-corrected chi connectivity index (χ1v) is 3.21. The van der Waals surface area contributed by atoms with E-state index in [4.69, 9.17) is 0 Å². The summed E-state index contributed by atoms with van der Waals surface area (Å²) < 4.78 is 1.88. The second-order valence-corrected chi connectivity index (χ2v) is 2.20. The fraction of sp³-hybridized carbons (Fsp3) is 0.167. The minimum atomic E-state index is 0.692. The average Bonchev–Trinajstić information content (AvgIpc) is 2.55. The summed E-state index contributed by atoms with van der Waals surface area (Å²) in [7, 11) is 1.91. The maximum atomic E-state index is 4.09. The molecular formula is C6H7N5. The lowest BCUT2D eigenvalue weighted by molar-refractivity contribution is 0.907. The largest absolute Gasteiger partial charge is 0.331 e. The molecule has 2 heterocycles. The molecule has 1 N–H and O–H groups in total. The summed E-state index contributed by atoms with van der Waals surface area (Å²) in [4.78, 5) is 8.06. The lowest BCUT2D eigenvalue weighted by atomic mass is 10.6. The number of rotatable bonds is 1. The summed E-state index contributed by atoms with van der Waals surface area (Å²) in [6.07, 6.45) is 5.04.